The molecule has 1 N–H and O–H groups in total. The summed E-state index contributed by atoms with van der Waals surface area (Å²) in [4.78, 5) is 9.02. The maximum absolute atomic E-state index is 6.20. The van der Waals surface area contributed by atoms with Crippen molar-refractivity contribution >= 4 is 17.4 Å². The number of nitrogens with zero attached hydrogens (tertiary/aromatic N) is 2. The Morgan fingerprint density at radius 2 is 1.80 bits per heavy atom. The molecule has 1 aromatic heterocycles. The molecule has 0 amide bonds. The Balaban J connectivity index is 1.77. The fourth-order valence-electron chi connectivity index (χ4n) is 2.31. The summed E-state index contributed by atoms with van der Waals surface area (Å²) in [5, 5.41) is 4.04. The third kappa shape index (κ3) is 4.62. The molecule has 0 aliphatic heterocycles. The number of unbranched alkanes of at least 4 members (excludes halogenated alkanes) is 5. The Morgan fingerprint density at radius 1 is 1.10 bits per heavy atom. The number of hydrogen-bond acceptors (Lipinski definition) is 3. The Labute approximate surface area is 127 Å². The standard InChI is InChI=1S/C16H26ClN3/c1-3-4-5-6-7-8-11-18-15-12(2)14(17)19-16(20-15)13-9-10-13/h13H,3-11H2,1-2H3,(H,18,19,20). The zero-order valence-corrected chi connectivity index (χ0v) is 13.5. The van der Waals surface area contributed by atoms with Gasteiger partial charge < -0.3 is 5.32 Å². The van der Waals surface area contributed by atoms with E-state index in [1.54, 1.807) is 0 Å². The molecule has 20 heavy (non-hydrogen) atoms. The molecule has 1 aliphatic carbocycles. The van der Waals surface area contributed by atoms with Crippen LogP contribution in [0.1, 0.15) is 75.6 Å². The quantitative estimate of drug-likeness (QED) is 0.509. The first-order chi connectivity index (χ1) is 9.72. The third-order valence-electron chi connectivity index (χ3n) is 3.87. The Morgan fingerprint density at radius 3 is 2.50 bits per heavy atom. The first kappa shape index (κ1) is 15.6. The second kappa shape index (κ2) is 7.82. The van der Waals surface area contributed by atoms with Gasteiger partial charge in [0.05, 0.1) is 0 Å². The van der Waals surface area contributed by atoms with Crippen LogP contribution in [0.25, 0.3) is 0 Å². The molecule has 4 heteroatoms. The van der Waals surface area contributed by atoms with Crippen molar-refractivity contribution in [3.05, 3.63) is 16.5 Å². The highest BCUT2D eigenvalue weighted by molar-refractivity contribution is 6.30. The summed E-state index contributed by atoms with van der Waals surface area (Å²) in [7, 11) is 0. The second-order valence-electron chi connectivity index (χ2n) is 5.82. The molecular weight excluding hydrogens is 270 g/mol. The van der Waals surface area contributed by atoms with E-state index in [1.807, 2.05) is 6.92 Å². The highest BCUT2D eigenvalue weighted by Crippen LogP contribution is 2.39. The topological polar surface area (TPSA) is 37.8 Å². The minimum Gasteiger partial charge on any atom is -0.370 e. The van der Waals surface area contributed by atoms with E-state index in [0.717, 1.165) is 23.8 Å². The molecule has 0 radical (unpaired) electrons. The summed E-state index contributed by atoms with van der Waals surface area (Å²) >= 11 is 6.20. The van der Waals surface area contributed by atoms with E-state index in [9.17, 15) is 0 Å². The summed E-state index contributed by atoms with van der Waals surface area (Å²) < 4.78 is 0. The minimum atomic E-state index is 0.544. The van der Waals surface area contributed by atoms with Crippen molar-refractivity contribution in [2.24, 2.45) is 0 Å². The van der Waals surface area contributed by atoms with Crippen LogP contribution in [-0.2, 0) is 0 Å². The van der Waals surface area contributed by atoms with Crippen molar-refractivity contribution in [3.8, 4) is 0 Å². The van der Waals surface area contributed by atoms with Gasteiger partial charge in [0.25, 0.3) is 0 Å². The maximum Gasteiger partial charge on any atom is 0.137 e. The van der Waals surface area contributed by atoms with E-state index in [0.29, 0.717) is 11.1 Å². The van der Waals surface area contributed by atoms with Gasteiger partial charge in [-0.2, -0.15) is 0 Å². The zero-order valence-electron chi connectivity index (χ0n) is 12.7. The van der Waals surface area contributed by atoms with E-state index in [4.69, 9.17) is 11.6 Å². The van der Waals surface area contributed by atoms with Crippen LogP contribution in [0.5, 0.6) is 0 Å². The molecule has 0 saturated heterocycles. The van der Waals surface area contributed by atoms with E-state index in [-0.39, 0.29) is 0 Å². The van der Waals surface area contributed by atoms with E-state index >= 15 is 0 Å². The lowest BCUT2D eigenvalue weighted by molar-refractivity contribution is 0.616. The van der Waals surface area contributed by atoms with Crippen molar-refractivity contribution in [2.75, 3.05) is 11.9 Å². The van der Waals surface area contributed by atoms with Gasteiger partial charge in [-0.15, -0.1) is 0 Å². The van der Waals surface area contributed by atoms with Crippen LogP contribution in [0.15, 0.2) is 0 Å². The van der Waals surface area contributed by atoms with Gasteiger partial charge in [-0.3, -0.25) is 0 Å². The molecule has 1 aromatic rings. The number of halogens is 1. The van der Waals surface area contributed by atoms with E-state index < -0.39 is 0 Å². The average Bonchev–Trinajstić information content (AvgIpc) is 3.26. The van der Waals surface area contributed by atoms with Crippen molar-refractivity contribution in [1.29, 1.82) is 0 Å². The van der Waals surface area contributed by atoms with Gasteiger partial charge in [0.15, 0.2) is 0 Å². The second-order valence-corrected chi connectivity index (χ2v) is 6.17. The SMILES string of the molecule is CCCCCCCCNc1nc(C2CC2)nc(Cl)c1C. The molecule has 3 nitrogen and oxygen atoms in total. The van der Waals surface area contributed by atoms with Crippen LogP contribution in [-0.4, -0.2) is 16.5 Å². The predicted molar refractivity (Wildman–Crippen MR) is 85.6 cm³/mol. The lowest BCUT2D eigenvalue weighted by Gasteiger charge is -2.11. The first-order valence-electron chi connectivity index (χ1n) is 8.00. The van der Waals surface area contributed by atoms with Gasteiger partial charge in [-0.25, -0.2) is 9.97 Å². The molecule has 0 aromatic carbocycles. The fourth-order valence-corrected chi connectivity index (χ4v) is 2.49. The summed E-state index contributed by atoms with van der Waals surface area (Å²) in [5.41, 5.74) is 0.974. The van der Waals surface area contributed by atoms with Crippen LogP contribution in [0.3, 0.4) is 0 Å². The number of nitrogens with one attached hydrogen (secondary N) is 1. The molecule has 1 fully saturated rings. The minimum absolute atomic E-state index is 0.544. The van der Waals surface area contributed by atoms with Gasteiger partial charge in [0.2, 0.25) is 0 Å². The summed E-state index contributed by atoms with van der Waals surface area (Å²) in [6.45, 7) is 5.22. The zero-order chi connectivity index (χ0) is 14.4. The van der Waals surface area contributed by atoms with Gasteiger partial charge in [-0.05, 0) is 26.2 Å². The summed E-state index contributed by atoms with van der Waals surface area (Å²) in [6.07, 6.45) is 10.3. The lowest BCUT2D eigenvalue weighted by Crippen LogP contribution is -2.08. The van der Waals surface area contributed by atoms with E-state index in [1.165, 1.54) is 51.4 Å². The Bertz CT molecular complexity index is 430. The average molecular weight is 296 g/mol. The summed E-state index contributed by atoms with van der Waals surface area (Å²) in [6, 6.07) is 0. The molecule has 0 unspecified atom stereocenters. The smallest absolute Gasteiger partial charge is 0.137 e. The predicted octanol–water partition coefficient (Wildman–Crippen LogP) is 5.09. The molecule has 2 rings (SSSR count). The summed E-state index contributed by atoms with van der Waals surface area (Å²) in [5.74, 6) is 2.40. The largest absolute Gasteiger partial charge is 0.370 e. The highest BCUT2D eigenvalue weighted by Gasteiger charge is 2.27. The number of hydrogen-bond donors (Lipinski definition) is 1. The number of aromatic nitrogens is 2. The van der Waals surface area contributed by atoms with Gasteiger partial charge >= 0.3 is 0 Å². The molecule has 1 aliphatic rings. The molecule has 0 atom stereocenters. The molecule has 1 heterocycles. The van der Waals surface area contributed by atoms with Gasteiger partial charge in [-0.1, -0.05) is 50.6 Å². The van der Waals surface area contributed by atoms with Crippen molar-refractivity contribution in [3.63, 3.8) is 0 Å². The van der Waals surface area contributed by atoms with Crippen molar-refractivity contribution < 1.29 is 0 Å². The molecule has 112 valence electrons. The first-order valence-corrected chi connectivity index (χ1v) is 8.38. The number of rotatable bonds is 9. The van der Waals surface area contributed by atoms with Crippen LogP contribution in [0.4, 0.5) is 5.82 Å². The molecule has 0 bridgehead atoms. The number of anilines is 1. The van der Waals surface area contributed by atoms with Crippen LogP contribution >= 0.6 is 11.6 Å². The van der Waals surface area contributed by atoms with Gasteiger partial charge in [0.1, 0.15) is 16.8 Å². The Hall–Kier alpha value is -0.830. The molecule has 1 saturated carbocycles. The fraction of sp³-hybridized carbons (Fsp3) is 0.750. The van der Waals surface area contributed by atoms with Crippen LogP contribution in [0.2, 0.25) is 5.15 Å². The van der Waals surface area contributed by atoms with Crippen molar-refractivity contribution in [1.82, 2.24) is 9.97 Å². The highest BCUT2D eigenvalue weighted by atomic mass is 35.5. The maximum atomic E-state index is 6.20. The third-order valence-corrected chi connectivity index (χ3v) is 4.24. The molecular formula is C16H26ClN3. The lowest BCUT2D eigenvalue weighted by atomic mass is 10.1. The van der Waals surface area contributed by atoms with Crippen molar-refractivity contribution in [2.45, 2.75) is 71.1 Å². The van der Waals surface area contributed by atoms with E-state index in [2.05, 4.69) is 22.2 Å². The monoisotopic (exact) mass is 295 g/mol. The van der Waals surface area contributed by atoms with Crippen LogP contribution in [0, 0.1) is 6.92 Å². The molecule has 0 spiro atoms. The van der Waals surface area contributed by atoms with Gasteiger partial charge in [0, 0.05) is 18.0 Å². The Kier molecular flexibility index (Phi) is 6.08. The normalized spacial score (nSPS) is 14.6. The van der Waals surface area contributed by atoms with Crippen LogP contribution < -0.4 is 5.32 Å².